The van der Waals surface area contributed by atoms with Gasteiger partial charge in [-0.25, -0.2) is 4.79 Å². The lowest BCUT2D eigenvalue weighted by atomic mass is 9.95. The summed E-state index contributed by atoms with van der Waals surface area (Å²) in [5.41, 5.74) is 7.78. The van der Waals surface area contributed by atoms with Crippen molar-refractivity contribution in [3.63, 3.8) is 0 Å². The van der Waals surface area contributed by atoms with E-state index in [1.807, 2.05) is 0 Å². The Kier molecular flexibility index (Phi) is 5.69. The molecule has 134 valence electrons. The molecular formula is C18H13F3N2O3. The van der Waals surface area contributed by atoms with Crippen LogP contribution < -0.4 is 0 Å². The predicted molar refractivity (Wildman–Crippen MR) is 85.7 cm³/mol. The summed E-state index contributed by atoms with van der Waals surface area (Å²) in [7, 11) is 0. The van der Waals surface area contributed by atoms with Gasteiger partial charge in [0, 0.05) is 11.1 Å². The second-order valence-electron chi connectivity index (χ2n) is 5.12. The lowest BCUT2D eigenvalue weighted by Crippen LogP contribution is -2.22. The van der Waals surface area contributed by atoms with E-state index in [1.54, 1.807) is 6.92 Å². The van der Waals surface area contributed by atoms with Gasteiger partial charge < -0.3 is 10.3 Å². The normalized spacial score (nSPS) is 10.8. The number of hydrogen-bond donors (Lipinski definition) is 0. The third kappa shape index (κ3) is 4.04. The van der Waals surface area contributed by atoms with Crippen molar-refractivity contribution < 1.29 is 32.3 Å². The Morgan fingerprint density at radius 1 is 1.04 bits per heavy atom. The molecule has 0 bridgehead atoms. The van der Waals surface area contributed by atoms with Crippen molar-refractivity contribution in [3.05, 3.63) is 76.3 Å². The Morgan fingerprint density at radius 2 is 1.62 bits per heavy atom. The number of benzene rings is 2. The zero-order valence-electron chi connectivity index (χ0n) is 13.6. The molecule has 0 atom stereocenters. The standard InChI is InChI=1S/C18H13F3N2O3/c1-2-26-17(25)15(23-22)13-5-3-4-6-14(13)16(24)11-7-9-12(10-8-11)18(19,20)21/h3-10H,2H2,1H3. The van der Waals surface area contributed by atoms with Gasteiger partial charge in [-0.15, -0.1) is 0 Å². The van der Waals surface area contributed by atoms with E-state index in [1.165, 1.54) is 24.3 Å². The zero-order valence-corrected chi connectivity index (χ0v) is 13.6. The minimum atomic E-state index is -4.51. The summed E-state index contributed by atoms with van der Waals surface area (Å²) in [6, 6.07) is 9.46. The Balaban J connectivity index is 2.45. The molecule has 0 saturated carbocycles. The maximum Gasteiger partial charge on any atom is 0.422 e. The maximum absolute atomic E-state index is 12.7. The number of hydrogen-bond acceptors (Lipinski definition) is 3. The Morgan fingerprint density at radius 3 is 2.12 bits per heavy atom. The molecule has 2 rings (SSSR count). The average Bonchev–Trinajstić information content (AvgIpc) is 2.62. The Bertz CT molecular complexity index is 883. The molecule has 5 nitrogen and oxygen atoms in total. The monoisotopic (exact) mass is 362 g/mol. The molecule has 0 heterocycles. The van der Waals surface area contributed by atoms with Gasteiger partial charge in [0.05, 0.1) is 17.7 Å². The lowest BCUT2D eigenvalue weighted by Gasteiger charge is -2.08. The van der Waals surface area contributed by atoms with Crippen molar-refractivity contribution in [1.29, 1.82) is 0 Å². The SMILES string of the molecule is CCOC(=O)C(=[N+]=[N-])c1ccccc1C(=O)c1ccc(C(F)(F)F)cc1. The van der Waals surface area contributed by atoms with E-state index < -0.39 is 29.2 Å². The largest absolute Gasteiger partial charge is 0.457 e. The van der Waals surface area contributed by atoms with Crippen LogP contribution in [-0.4, -0.2) is 28.9 Å². The van der Waals surface area contributed by atoms with Crippen molar-refractivity contribution in [3.8, 4) is 0 Å². The molecule has 0 spiro atoms. The van der Waals surface area contributed by atoms with E-state index in [0.29, 0.717) is 0 Å². The second kappa shape index (κ2) is 7.76. The van der Waals surface area contributed by atoms with Gasteiger partial charge in [0.1, 0.15) is 0 Å². The van der Waals surface area contributed by atoms with Crippen LogP contribution in [0.4, 0.5) is 13.2 Å². The number of carbonyl (C=O) groups excluding carboxylic acids is 2. The predicted octanol–water partition coefficient (Wildman–Crippen LogP) is 3.52. The van der Waals surface area contributed by atoms with Crippen LogP contribution in [0, 0.1) is 0 Å². The van der Waals surface area contributed by atoms with E-state index in [-0.39, 0.29) is 23.3 Å². The minimum absolute atomic E-state index is 0.00638. The Labute approximate surface area is 146 Å². The van der Waals surface area contributed by atoms with E-state index >= 15 is 0 Å². The number of halogens is 3. The fourth-order valence-corrected chi connectivity index (χ4v) is 2.26. The molecule has 0 N–H and O–H groups in total. The zero-order chi connectivity index (χ0) is 19.3. The molecule has 8 heteroatoms. The number of rotatable bonds is 5. The first-order valence-corrected chi connectivity index (χ1v) is 7.50. The topological polar surface area (TPSA) is 79.8 Å². The van der Waals surface area contributed by atoms with Crippen molar-refractivity contribution in [1.82, 2.24) is 0 Å². The summed E-state index contributed by atoms with van der Waals surface area (Å²) in [5.74, 6) is -1.55. The van der Waals surface area contributed by atoms with Gasteiger partial charge in [0.2, 0.25) is 0 Å². The molecule has 0 radical (unpaired) electrons. The van der Waals surface area contributed by atoms with Crippen molar-refractivity contribution >= 4 is 17.5 Å². The molecule has 0 unspecified atom stereocenters. The summed E-state index contributed by atoms with van der Waals surface area (Å²) >= 11 is 0. The maximum atomic E-state index is 12.7. The number of esters is 1. The molecule has 0 saturated heterocycles. The van der Waals surface area contributed by atoms with Crippen LogP contribution in [0.5, 0.6) is 0 Å². The van der Waals surface area contributed by atoms with Gasteiger partial charge in [-0.3, -0.25) is 4.79 Å². The summed E-state index contributed by atoms with van der Waals surface area (Å²) in [5, 5.41) is 0. The first-order chi connectivity index (χ1) is 12.3. The average molecular weight is 362 g/mol. The molecule has 0 aliphatic rings. The third-order valence-electron chi connectivity index (χ3n) is 3.47. The highest BCUT2D eigenvalue weighted by atomic mass is 19.4. The fourth-order valence-electron chi connectivity index (χ4n) is 2.26. The quantitative estimate of drug-likeness (QED) is 0.268. The van der Waals surface area contributed by atoms with E-state index in [4.69, 9.17) is 10.3 Å². The van der Waals surface area contributed by atoms with Gasteiger partial charge >= 0.3 is 17.9 Å². The van der Waals surface area contributed by atoms with Gasteiger partial charge in [0.15, 0.2) is 5.78 Å². The second-order valence-corrected chi connectivity index (χ2v) is 5.12. The molecule has 0 amide bonds. The first kappa shape index (κ1) is 19.1. The summed E-state index contributed by atoms with van der Waals surface area (Å²) in [4.78, 5) is 27.5. The molecule has 0 aliphatic heterocycles. The smallest absolute Gasteiger partial charge is 0.422 e. The van der Waals surface area contributed by atoms with Crippen LogP contribution in [-0.2, 0) is 15.7 Å². The van der Waals surface area contributed by atoms with Crippen LogP contribution >= 0.6 is 0 Å². The molecular weight excluding hydrogens is 349 g/mol. The highest BCUT2D eigenvalue weighted by Gasteiger charge is 2.31. The summed E-state index contributed by atoms with van der Waals surface area (Å²) < 4.78 is 42.7. The summed E-state index contributed by atoms with van der Waals surface area (Å²) in [6.07, 6.45) is -4.51. The van der Waals surface area contributed by atoms with E-state index in [9.17, 15) is 22.8 Å². The van der Waals surface area contributed by atoms with Crippen molar-refractivity contribution in [2.45, 2.75) is 13.1 Å². The van der Waals surface area contributed by atoms with Crippen LogP contribution in [0.3, 0.4) is 0 Å². The van der Waals surface area contributed by atoms with Crippen LogP contribution in [0.2, 0.25) is 0 Å². The highest BCUT2D eigenvalue weighted by molar-refractivity contribution is 6.42. The van der Waals surface area contributed by atoms with Crippen molar-refractivity contribution in [2.24, 2.45) is 0 Å². The molecule has 0 aromatic heterocycles. The number of ketones is 1. The molecule has 0 fully saturated rings. The van der Waals surface area contributed by atoms with E-state index in [0.717, 1.165) is 24.3 Å². The third-order valence-corrected chi connectivity index (χ3v) is 3.47. The molecule has 26 heavy (non-hydrogen) atoms. The van der Waals surface area contributed by atoms with Gasteiger partial charge in [-0.05, 0) is 25.1 Å². The molecule has 2 aromatic carbocycles. The van der Waals surface area contributed by atoms with Gasteiger partial charge in [0.25, 0.3) is 0 Å². The number of alkyl halides is 3. The van der Waals surface area contributed by atoms with Crippen LogP contribution in [0.25, 0.3) is 5.53 Å². The van der Waals surface area contributed by atoms with Crippen molar-refractivity contribution in [2.75, 3.05) is 6.61 Å². The Hall–Kier alpha value is -3.25. The number of carbonyl (C=O) groups is 2. The number of nitrogens with zero attached hydrogens (tertiary/aromatic N) is 2. The fraction of sp³-hybridized carbons (Fsp3) is 0.167. The van der Waals surface area contributed by atoms with E-state index in [2.05, 4.69) is 4.79 Å². The molecule has 0 aliphatic carbocycles. The minimum Gasteiger partial charge on any atom is -0.457 e. The van der Waals surface area contributed by atoms with Gasteiger partial charge in [-0.1, -0.05) is 30.3 Å². The first-order valence-electron chi connectivity index (χ1n) is 7.50. The summed E-state index contributed by atoms with van der Waals surface area (Å²) in [6.45, 7) is 1.60. The molecule has 2 aromatic rings. The van der Waals surface area contributed by atoms with Gasteiger partial charge in [-0.2, -0.15) is 18.0 Å². The van der Waals surface area contributed by atoms with Crippen LogP contribution in [0.1, 0.15) is 34.0 Å². The van der Waals surface area contributed by atoms with Crippen LogP contribution in [0.15, 0.2) is 48.5 Å². The lowest BCUT2D eigenvalue weighted by molar-refractivity contribution is -0.139. The highest BCUT2D eigenvalue weighted by Crippen LogP contribution is 2.29. The number of ether oxygens (including phenoxy) is 1.